The maximum Gasteiger partial charge on any atom is 0.310 e. The number of esters is 1. The van der Waals surface area contributed by atoms with Gasteiger partial charge in [-0.3, -0.25) is 4.79 Å². The Morgan fingerprint density at radius 3 is 3.05 bits per heavy atom. The minimum absolute atomic E-state index is 0. The molecule has 21 heavy (non-hydrogen) atoms. The minimum atomic E-state index is -0.0476. The molecule has 4 nitrogen and oxygen atoms in total. The zero-order chi connectivity index (χ0) is 13.7. The van der Waals surface area contributed by atoms with E-state index in [0.717, 1.165) is 12.8 Å². The maximum absolute atomic E-state index is 11.8. The van der Waals surface area contributed by atoms with Gasteiger partial charge in [0.15, 0.2) is 0 Å². The molecule has 0 radical (unpaired) electrons. The summed E-state index contributed by atoms with van der Waals surface area (Å²) in [6.45, 7) is 2.92. The summed E-state index contributed by atoms with van der Waals surface area (Å²) in [7, 11) is 1.79. The third kappa shape index (κ3) is 2.07. The zero-order valence-electron chi connectivity index (χ0n) is 12.4. The summed E-state index contributed by atoms with van der Waals surface area (Å²) in [5, 5.41) is 0. The van der Waals surface area contributed by atoms with Gasteiger partial charge in [0.25, 0.3) is 0 Å². The van der Waals surface area contributed by atoms with E-state index in [4.69, 9.17) is 9.47 Å². The molecule has 1 aliphatic carbocycles. The van der Waals surface area contributed by atoms with E-state index in [1.807, 2.05) is 0 Å². The van der Waals surface area contributed by atoms with E-state index in [1.54, 1.807) is 12.0 Å². The lowest BCUT2D eigenvalue weighted by Gasteiger charge is -2.48. The molecule has 0 aromatic carbocycles. The van der Waals surface area contributed by atoms with Gasteiger partial charge in [0.05, 0.1) is 25.6 Å². The first-order chi connectivity index (χ1) is 9.74. The molecule has 3 aliphatic heterocycles. The number of hydrogen-bond acceptors (Lipinski definition) is 3. The van der Waals surface area contributed by atoms with Crippen LogP contribution in [0.1, 0.15) is 25.7 Å². The highest BCUT2D eigenvalue weighted by molar-refractivity contribution is 5.75. The van der Waals surface area contributed by atoms with Crippen LogP contribution in [0.15, 0.2) is 23.3 Å². The average Bonchev–Trinajstić information content (AvgIpc) is 2.86. The van der Waals surface area contributed by atoms with Crippen molar-refractivity contribution >= 4 is 5.97 Å². The molecule has 1 spiro atoms. The molecule has 4 aliphatic rings. The van der Waals surface area contributed by atoms with Crippen molar-refractivity contribution in [2.75, 3.05) is 26.8 Å². The Hall–Kier alpha value is -0.840. The lowest BCUT2D eigenvalue weighted by molar-refractivity contribution is -0.938. The number of rotatable bonds is 1. The molecule has 1 fully saturated rings. The van der Waals surface area contributed by atoms with Gasteiger partial charge in [0, 0.05) is 37.9 Å². The van der Waals surface area contributed by atoms with Gasteiger partial charge in [-0.15, -0.1) is 0 Å². The molecule has 3 heterocycles. The molecular weight excluding hydrogens is 290 g/mol. The molecular formula is C16H22ClNO3. The molecule has 5 heteroatoms. The van der Waals surface area contributed by atoms with Crippen molar-refractivity contribution in [3.8, 4) is 0 Å². The number of ether oxygens (including phenoxy) is 2. The molecule has 0 amide bonds. The van der Waals surface area contributed by atoms with Gasteiger partial charge >= 0.3 is 5.97 Å². The van der Waals surface area contributed by atoms with Crippen molar-refractivity contribution in [1.29, 1.82) is 0 Å². The number of halogens is 1. The van der Waals surface area contributed by atoms with E-state index in [2.05, 4.69) is 12.2 Å². The van der Waals surface area contributed by atoms with Gasteiger partial charge in [-0.1, -0.05) is 12.2 Å². The Morgan fingerprint density at radius 1 is 1.38 bits per heavy atom. The van der Waals surface area contributed by atoms with Crippen molar-refractivity contribution < 1.29 is 31.6 Å². The topological polar surface area (TPSA) is 40.0 Å². The van der Waals surface area contributed by atoms with Crippen LogP contribution in [0.5, 0.6) is 0 Å². The second-order valence-corrected chi connectivity index (χ2v) is 6.50. The summed E-state index contributed by atoms with van der Waals surface area (Å²) in [6.07, 6.45) is 8.59. The van der Waals surface area contributed by atoms with Crippen LogP contribution in [-0.2, 0) is 14.3 Å². The minimum Gasteiger partial charge on any atom is -1.00 e. The van der Waals surface area contributed by atoms with Crippen LogP contribution < -0.4 is 17.3 Å². The molecule has 0 saturated carbocycles. The summed E-state index contributed by atoms with van der Waals surface area (Å²) in [6, 6.07) is 0. The number of carbonyl (C=O) groups is 1. The van der Waals surface area contributed by atoms with E-state index in [1.165, 1.54) is 30.7 Å². The molecule has 1 saturated heterocycles. The quantitative estimate of drug-likeness (QED) is 0.422. The number of methoxy groups -OCH3 is 1. The Balaban J connectivity index is 0.00000132. The van der Waals surface area contributed by atoms with Gasteiger partial charge in [0.1, 0.15) is 12.1 Å². The fourth-order valence-corrected chi connectivity index (χ4v) is 4.90. The van der Waals surface area contributed by atoms with Crippen molar-refractivity contribution in [2.45, 2.75) is 37.3 Å². The molecule has 0 bridgehead atoms. The largest absolute Gasteiger partial charge is 1.00 e. The Morgan fingerprint density at radius 2 is 2.24 bits per heavy atom. The molecule has 2 unspecified atom stereocenters. The van der Waals surface area contributed by atoms with Crippen LogP contribution in [0, 0.1) is 5.92 Å². The monoisotopic (exact) mass is 311 g/mol. The number of cyclic esters (lactones) is 1. The van der Waals surface area contributed by atoms with Crippen LogP contribution in [0.25, 0.3) is 0 Å². The Kier molecular flexibility index (Phi) is 3.89. The van der Waals surface area contributed by atoms with Crippen LogP contribution >= 0.6 is 0 Å². The van der Waals surface area contributed by atoms with Crippen LogP contribution in [0.4, 0.5) is 0 Å². The zero-order valence-corrected chi connectivity index (χ0v) is 13.1. The Labute approximate surface area is 131 Å². The normalized spacial score (nSPS) is 40.8. The smallest absolute Gasteiger partial charge is 0.310 e. The number of hydrogen-bond donors (Lipinski definition) is 1. The summed E-state index contributed by atoms with van der Waals surface area (Å²) in [4.78, 5) is 13.5. The van der Waals surface area contributed by atoms with E-state index in [-0.39, 0.29) is 30.0 Å². The fraction of sp³-hybridized carbons (Fsp3) is 0.688. The van der Waals surface area contributed by atoms with Gasteiger partial charge < -0.3 is 26.8 Å². The number of nitrogens with one attached hydrogen (secondary N) is 1. The molecule has 4 atom stereocenters. The van der Waals surface area contributed by atoms with Crippen molar-refractivity contribution in [3.05, 3.63) is 23.3 Å². The first kappa shape index (κ1) is 15.1. The summed E-state index contributed by atoms with van der Waals surface area (Å²) >= 11 is 0. The van der Waals surface area contributed by atoms with Crippen molar-refractivity contribution in [1.82, 2.24) is 0 Å². The second-order valence-electron chi connectivity index (χ2n) is 6.50. The molecule has 116 valence electrons. The van der Waals surface area contributed by atoms with Crippen LogP contribution in [0.3, 0.4) is 0 Å². The van der Waals surface area contributed by atoms with E-state index in [9.17, 15) is 4.79 Å². The van der Waals surface area contributed by atoms with Crippen LogP contribution in [0.2, 0.25) is 0 Å². The molecule has 1 N–H and O–H groups in total. The predicted octanol–water partition coefficient (Wildman–Crippen LogP) is -2.74. The van der Waals surface area contributed by atoms with Gasteiger partial charge in [-0.2, -0.15) is 0 Å². The molecule has 0 aromatic rings. The first-order valence-electron chi connectivity index (χ1n) is 7.67. The standard InChI is InChI=1S/C16H21NO3.ClH/c1-19-13-3-2-12-5-7-17-6-4-11-10-20-15(18)8-14(11)16(12,17)9-13;/h2-3,12-13H,4-10H2,1H3;1H/t12?,13-,16-;/m0./s1. The second kappa shape index (κ2) is 5.41. The SMILES string of the molecule is CO[C@H]1C=CC2CC[NH+]3CCC4=C(CC(=O)OC4)[C@]23C1.[Cl-]. The summed E-state index contributed by atoms with van der Waals surface area (Å²) < 4.78 is 10.9. The summed E-state index contributed by atoms with van der Waals surface area (Å²) in [5.41, 5.74) is 2.90. The fourth-order valence-electron chi connectivity index (χ4n) is 4.90. The lowest BCUT2D eigenvalue weighted by atomic mass is 9.67. The highest BCUT2D eigenvalue weighted by Crippen LogP contribution is 2.44. The first-order valence-corrected chi connectivity index (χ1v) is 7.67. The van der Waals surface area contributed by atoms with E-state index >= 15 is 0 Å². The van der Waals surface area contributed by atoms with Crippen molar-refractivity contribution in [2.24, 2.45) is 5.92 Å². The predicted molar refractivity (Wildman–Crippen MR) is 73.3 cm³/mol. The number of carbonyl (C=O) groups excluding carboxylic acids is 1. The third-order valence-corrected chi connectivity index (χ3v) is 5.83. The van der Waals surface area contributed by atoms with Gasteiger partial charge in [0.2, 0.25) is 0 Å². The van der Waals surface area contributed by atoms with Gasteiger partial charge in [-0.05, 0) is 5.57 Å². The van der Waals surface area contributed by atoms with Crippen LogP contribution in [-0.4, -0.2) is 44.4 Å². The van der Waals surface area contributed by atoms with Crippen molar-refractivity contribution in [3.63, 3.8) is 0 Å². The maximum atomic E-state index is 11.8. The Bertz CT molecular complexity index is 516. The summed E-state index contributed by atoms with van der Waals surface area (Å²) in [5.74, 6) is 0.522. The highest BCUT2D eigenvalue weighted by atomic mass is 35.5. The third-order valence-electron chi connectivity index (χ3n) is 5.83. The lowest BCUT2D eigenvalue weighted by Crippen LogP contribution is -3.20. The molecule has 0 aromatic heterocycles. The van der Waals surface area contributed by atoms with E-state index in [0.29, 0.717) is 18.9 Å². The number of quaternary nitrogens is 1. The molecule has 4 rings (SSSR count). The van der Waals surface area contributed by atoms with E-state index < -0.39 is 0 Å². The average molecular weight is 312 g/mol. The highest BCUT2D eigenvalue weighted by Gasteiger charge is 2.59. The van der Waals surface area contributed by atoms with Gasteiger partial charge in [-0.25, -0.2) is 0 Å².